The van der Waals surface area contributed by atoms with Gasteiger partial charge < -0.3 is 14.4 Å². The summed E-state index contributed by atoms with van der Waals surface area (Å²) in [4.78, 5) is 20.3. The maximum atomic E-state index is 12.9. The zero-order chi connectivity index (χ0) is 22.2. The van der Waals surface area contributed by atoms with Gasteiger partial charge >= 0.3 is 6.18 Å². The predicted octanol–water partition coefficient (Wildman–Crippen LogP) is 2.84. The van der Waals surface area contributed by atoms with Crippen LogP contribution in [0.5, 0.6) is 0 Å². The lowest BCUT2D eigenvalue weighted by Gasteiger charge is -2.31. The van der Waals surface area contributed by atoms with Gasteiger partial charge in [-0.2, -0.15) is 13.2 Å². The van der Waals surface area contributed by atoms with E-state index in [1.54, 1.807) is 7.05 Å². The molecule has 0 radical (unpaired) electrons. The number of fused-ring (bicyclic) bond motifs is 2. The second kappa shape index (κ2) is 8.32. The van der Waals surface area contributed by atoms with E-state index in [1.165, 1.54) is 32.7 Å². The van der Waals surface area contributed by atoms with E-state index in [2.05, 4.69) is 22.0 Å². The Morgan fingerprint density at radius 2 is 1.94 bits per heavy atom. The summed E-state index contributed by atoms with van der Waals surface area (Å²) in [6.07, 6.45) is -2.13. The summed E-state index contributed by atoms with van der Waals surface area (Å²) in [5.74, 6) is -0.458. The standard InChI is InChI=1S/C22H23F3N4O2/c1-27(12-18(30)13-28-9-8-15-4-2-3-5-16(15)10-28)21(31)19-14-29-11-17(22(23,24)25)6-7-20(29)26-19/h2-7,11,14,18,30H,8-10,12-13H2,1H3/t18-/m0/s1. The molecule has 1 aliphatic rings. The molecule has 0 saturated carbocycles. The molecule has 0 aliphatic carbocycles. The number of imidazole rings is 1. The predicted molar refractivity (Wildman–Crippen MR) is 109 cm³/mol. The number of aromatic nitrogens is 2. The third kappa shape index (κ3) is 4.72. The highest BCUT2D eigenvalue weighted by Crippen LogP contribution is 2.29. The van der Waals surface area contributed by atoms with Gasteiger partial charge in [-0.05, 0) is 29.7 Å². The molecule has 164 valence electrons. The number of rotatable bonds is 5. The molecule has 0 spiro atoms. The first-order chi connectivity index (χ1) is 14.7. The Morgan fingerprint density at radius 1 is 1.19 bits per heavy atom. The Labute approximate surface area is 177 Å². The first-order valence-corrected chi connectivity index (χ1v) is 9.99. The second-order valence-corrected chi connectivity index (χ2v) is 7.90. The Kier molecular flexibility index (Phi) is 5.72. The van der Waals surface area contributed by atoms with Crippen LogP contribution in [-0.4, -0.2) is 63.0 Å². The number of carbonyl (C=O) groups is 1. The number of aliphatic hydroxyl groups is 1. The number of β-amino-alcohol motifs (C(OH)–C–C–N with tert-alkyl or cyclic N) is 1. The maximum Gasteiger partial charge on any atom is 0.417 e. The van der Waals surface area contributed by atoms with Crippen molar-refractivity contribution in [3.8, 4) is 0 Å². The van der Waals surface area contributed by atoms with Crippen molar-refractivity contribution in [2.75, 3.05) is 26.7 Å². The van der Waals surface area contributed by atoms with Gasteiger partial charge in [-0.15, -0.1) is 0 Å². The minimum atomic E-state index is -4.47. The molecule has 1 atom stereocenters. The number of alkyl halides is 3. The Balaban J connectivity index is 1.38. The average Bonchev–Trinajstić information content (AvgIpc) is 3.15. The van der Waals surface area contributed by atoms with Gasteiger partial charge in [-0.3, -0.25) is 9.69 Å². The van der Waals surface area contributed by atoms with Gasteiger partial charge in [0, 0.05) is 45.6 Å². The SMILES string of the molecule is CN(C[C@H](O)CN1CCc2ccccc2C1)C(=O)c1cn2cc(C(F)(F)F)ccc2n1. The molecule has 1 aliphatic heterocycles. The molecule has 0 unspecified atom stereocenters. The normalized spacial score (nSPS) is 15.6. The number of aliphatic hydroxyl groups excluding tert-OH is 1. The van der Waals surface area contributed by atoms with Crippen LogP contribution in [-0.2, 0) is 19.1 Å². The topological polar surface area (TPSA) is 61.1 Å². The molecular weight excluding hydrogens is 409 g/mol. The van der Waals surface area contributed by atoms with Crippen molar-refractivity contribution >= 4 is 11.6 Å². The number of hydrogen-bond donors (Lipinski definition) is 1. The zero-order valence-electron chi connectivity index (χ0n) is 17.0. The Bertz CT molecular complexity index is 1100. The van der Waals surface area contributed by atoms with Crippen LogP contribution in [0.15, 0.2) is 48.8 Å². The van der Waals surface area contributed by atoms with E-state index in [0.717, 1.165) is 31.8 Å². The lowest BCUT2D eigenvalue weighted by Crippen LogP contribution is -2.42. The molecule has 0 bridgehead atoms. The summed E-state index contributed by atoms with van der Waals surface area (Å²) in [5.41, 5.74) is 2.02. The number of hydrogen-bond acceptors (Lipinski definition) is 4. The van der Waals surface area contributed by atoms with Crippen molar-refractivity contribution in [1.29, 1.82) is 0 Å². The number of amides is 1. The number of carbonyl (C=O) groups excluding carboxylic acids is 1. The van der Waals surface area contributed by atoms with Crippen LogP contribution >= 0.6 is 0 Å². The molecule has 9 heteroatoms. The van der Waals surface area contributed by atoms with Crippen LogP contribution in [0, 0.1) is 0 Å². The lowest BCUT2D eigenvalue weighted by atomic mass is 10.00. The van der Waals surface area contributed by atoms with Crippen LogP contribution in [0.1, 0.15) is 27.2 Å². The number of benzene rings is 1. The zero-order valence-corrected chi connectivity index (χ0v) is 17.0. The van der Waals surface area contributed by atoms with Gasteiger partial charge in [0.1, 0.15) is 11.3 Å². The molecule has 0 saturated heterocycles. The summed E-state index contributed by atoms with van der Waals surface area (Å²) < 4.78 is 39.8. The minimum absolute atomic E-state index is 0.0286. The highest BCUT2D eigenvalue weighted by molar-refractivity contribution is 5.92. The third-order valence-corrected chi connectivity index (χ3v) is 5.51. The molecule has 3 aromatic rings. The van der Waals surface area contributed by atoms with E-state index in [1.807, 2.05) is 12.1 Å². The monoisotopic (exact) mass is 432 g/mol. The molecule has 2 aromatic heterocycles. The molecule has 1 N–H and O–H groups in total. The summed E-state index contributed by atoms with van der Waals surface area (Å²) in [6.45, 7) is 2.10. The number of halogens is 3. The summed E-state index contributed by atoms with van der Waals surface area (Å²) in [5, 5.41) is 10.5. The van der Waals surface area contributed by atoms with E-state index in [0.29, 0.717) is 6.54 Å². The number of likely N-dealkylation sites (N-methyl/N-ethyl adjacent to an activating group) is 1. The maximum absolute atomic E-state index is 12.9. The molecule has 6 nitrogen and oxygen atoms in total. The van der Waals surface area contributed by atoms with E-state index in [4.69, 9.17) is 0 Å². The molecule has 1 amide bonds. The van der Waals surface area contributed by atoms with Gasteiger partial charge in [-0.25, -0.2) is 4.98 Å². The van der Waals surface area contributed by atoms with Crippen LogP contribution in [0.4, 0.5) is 13.2 Å². The van der Waals surface area contributed by atoms with Crippen molar-refractivity contribution < 1.29 is 23.1 Å². The molecule has 1 aromatic carbocycles. The van der Waals surface area contributed by atoms with E-state index in [9.17, 15) is 23.1 Å². The first-order valence-electron chi connectivity index (χ1n) is 9.99. The van der Waals surface area contributed by atoms with Crippen molar-refractivity contribution in [2.24, 2.45) is 0 Å². The summed E-state index contributed by atoms with van der Waals surface area (Å²) >= 11 is 0. The summed E-state index contributed by atoms with van der Waals surface area (Å²) in [6, 6.07) is 10.4. The number of nitrogens with zero attached hydrogens (tertiary/aromatic N) is 4. The van der Waals surface area contributed by atoms with Gasteiger partial charge in [0.25, 0.3) is 5.91 Å². The fourth-order valence-electron chi connectivity index (χ4n) is 3.92. The summed E-state index contributed by atoms with van der Waals surface area (Å²) in [7, 11) is 1.54. The van der Waals surface area contributed by atoms with Crippen molar-refractivity contribution in [3.05, 3.63) is 71.2 Å². The van der Waals surface area contributed by atoms with E-state index in [-0.39, 0.29) is 17.9 Å². The smallest absolute Gasteiger partial charge is 0.390 e. The Hall–Kier alpha value is -2.91. The highest BCUT2D eigenvalue weighted by atomic mass is 19.4. The molecule has 0 fully saturated rings. The van der Waals surface area contributed by atoms with Crippen LogP contribution < -0.4 is 0 Å². The van der Waals surface area contributed by atoms with Crippen molar-refractivity contribution in [3.63, 3.8) is 0 Å². The fraction of sp³-hybridized carbons (Fsp3) is 0.364. The molecule has 31 heavy (non-hydrogen) atoms. The van der Waals surface area contributed by atoms with Crippen molar-refractivity contribution in [2.45, 2.75) is 25.2 Å². The van der Waals surface area contributed by atoms with Crippen LogP contribution in [0.25, 0.3) is 5.65 Å². The molecule has 4 rings (SSSR count). The quantitative estimate of drug-likeness (QED) is 0.674. The van der Waals surface area contributed by atoms with Crippen molar-refractivity contribution in [1.82, 2.24) is 19.2 Å². The first kappa shape index (κ1) is 21.3. The third-order valence-electron chi connectivity index (χ3n) is 5.51. The van der Waals surface area contributed by atoms with E-state index < -0.39 is 23.8 Å². The Morgan fingerprint density at radius 3 is 2.68 bits per heavy atom. The van der Waals surface area contributed by atoms with Gasteiger partial charge in [-0.1, -0.05) is 24.3 Å². The fourth-order valence-corrected chi connectivity index (χ4v) is 3.92. The molecule has 3 heterocycles. The van der Waals surface area contributed by atoms with Gasteiger partial charge in [0.05, 0.1) is 11.7 Å². The highest BCUT2D eigenvalue weighted by Gasteiger charge is 2.31. The van der Waals surface area contributed by atoms with Crippen LogP contribution in [0.3, 0.4) is 0 Å². The van der Waals surface area contributed by atoms with E-state index >= 15 is 0 Å². The second-order valence-electron chi connectivity index (χ2n) is 7.90. The van der Waals surface area contributed by atoms with Gasteiger partial charge in [0.2, 0.25) is 0 Å². The average molecular weight is 432 g/mol. The molecular formula is C22H23F3N4O2. The lowest BCUT2D eigenvalue weighted by molar-refractivity contribution is -0.137. The minimum Gasteiger partial charge on any atom is -0.390 e. The largest absolute Gasteiger partial charge is 0.417 e. The number of pyridine rings is 1. The van der Waals surface area contributed by atoms with Gasteiger partial charge in [0.15, 0.2) is 0 Å². The van der Waals surface area contributed by atoms with Crippen LogP contribution in [0.2, 0.25) is 0 Å².